The van der Waals surface area contributed by atoms with Gasteiger partial charge in [-0.05, 0) is 11.6 Å². The average Bonchev–Trinajstić information content (AvgIpc) is 2.58. The van der Waals surface area contributed by atoms with Crippen molar-refractivity contribution in [3.63, 3.8) is 0 Å². The summed E-state index contributed by atoms with van der Waals surface area (Å²) in [5.41, 5.74) is 1.26. The first-order valence-electron chi connectivity index (χ1n) is 4.85. The molecule has 1 amide bonds. The normalized spacial score (nSPS) is 16.1. The number of carbonyl (C=O) groups excluding carboxylic acids is 2. The minimum absolute atomic E-state index is 0.203. The Bertz CT molecular complexity index is 443. The Hall–Kier alpha value is -1.88. The van der Waals surface area contributed by atoms with Crippen LogP contribution in [0.15, 0.2) is 24.3 Å². The highest BCUT2D eigenvalue weighted by Gasteiger charge is 2.32. The van der Waals surface area contributed by atoms with Crippen LogP contribution in [-0.2, 0) is 11.3 Å². The van der Waals surface area contributed by atoms with Crippen molar-refractivity contribution in [3.8, 4) is 0 Å². The molecule has 2 rings (SSSR count). The van der Waals surface area contributed by atoms with Crippen molar-refractivity contribution in [3.05, 3.63) is 35.4 Å². The second-order valence-corrected chi connectivity index (χ2v) is 3.61. The highest BCUT2D eigenvalue weighted by Crippen LogP contribution is 2.23. The number of aliphatic carboxylic acids is 1. The number of aliphatic hydroxyl groups is 1. The molecule has 0 saturated heterocycles. The van der Waals surface area contributed by atoms with Gasteiger partial charge in [-0.2, -0.15) is 0 Å². The molecular weight excluding hydrogens is 210 g/mol. The van der Waals surface area contributed by atoms with Crippen LogP contribution in [0.4, 0.5) is 0 Å². The molecule has 0 unspecified atom stereocenters. The number of carboxylic acid groups (broad SMARTS) is 1. The Labute approximate surface area is 91.9 Å². The quantitative estimate of drug-likeness (QED) is 0.690. The lowest BCUT2D eigenvalue weighted by Gasteiger charge is -2.26. The molecule has 5 heteroatoms. The first-order chi connectivity index (χ1) is 7.65. The van der Waals surface area contributed by atoms with E-state index in [2.05, 4.69) is 0 Å². The van der Waals surface area contributed by atoms with E-state index in [0.29, 0.717) is 5.56 Å². The van der Waals surface area contributed by atoms with Crippen LogP contribution >= 0.6 is 0 Å². The van der Waals surface area contributed by atoms with E-state index in [0.717, 1.165) is 10.5 Å². The number of nitrogens with zero attached hydrogens (tertiary/aromatic N) is 1. The molecule has 1 N–H and O–H groups in total. The molecule has 16 heavy (non-hydrogen) atoms. The fourth-order valence-corrected chi connectivity index (χ4v) is 1.83. The molecule has 0 radical (unpaired) electrons. The van der Waals surface area contributed by atoms with E-state index < -0.39 is 18.6 Å². The number of carbonyl (C=O) groups is 2. The fourth-order valence-electron chi connectivity index (χ4n) is 1.83. The van der Waals surface area contributed by atoms with Crippen molar-refractivity contribution >= 4 is 11.9 Å². The number of aliphatic hydroxyl groups excluding tert-OH is 1. The molecule has 0 saturated carbocycles. The van der Waals surface area contributed by atoms with Crippen LogP contribution in [0.1, 0.15) is 15.9 Å². The van der Waals surface area contributed by atoms with E-state index in [9.17, 15) is 14.7 Å². The lowest BCUT2D eigenvalue weighted by atomic mass is 10.1. The topological polar surface area (TPSA) is 80.7 Å². The zero-order chi connectivity index (χ0) is 11.7. The number of amides is 1. The second-order valence-electron chi connectivity index (χ2n) is 3.61. The van der Waals surface area contributed by atoms with Gasteiger partial charge in [-0.25, -0.2) is 0 Å². The summed E-state index contributed by atoms with van der Waals surface area (Å²) in [6.07, 6.45) is 0. The lowest BCUT2D eigenvalue weighted by Crippen LogP contribution is -2.50. The molecule has 5 nitrogen and oxygen atoms in total. The number of benzene rings is 1. The second kappa shape index (κ2) is 3.94. The Balaban J connectivity index is 2.31. The SMILES string of the molecule is O=C([O-])[C@@H](CO)N1Cc2ccccc2C1=O. The summed E-state index contributed by atoms with van der Waals surface area (Å²) < 4.78 is 0. The van der Waals surface area contributed by atoms with Gasteiger partial charge in [0.1, 0.15) is 0 Å². The maximum atomic E-state index is 11.8. The molecule has 0 aliphatic carbocycles. The van der Waals surface area contributed by atoms with Crippen LogP contribution in [0.25, 0.3) is 0 Å². The largest absolute Gasteiger partial charge is 0.548 e. The molecule has 0 bridgehead atoms. The van der Waals surface area contributed by atoms with Gasteiger partial charge in [0.25, 0.3) is 5.91 Å². The highest BCUT2D eigenvalue weighted by atomic mass is 16.4. The van der Waals surface area contributed by atoms with Crippen molar-refractivity contribution in [1.29, 1.82) is 0 Å². The van der Waals surface area contributed by atoms with Crippen LogP contribution in [0.5, 0.6) is 0 Å². The molecule has 0 aromatic heterocycles. The van der Waals surface area contributed by atoms with E-state index in [1.807, 2.05) is 0 Å². The van der Waals surface area contributed by atoms with Crippen molar-refractivity contribution in [1.82, 2.24) is 4.90 Å². The standard InChI is InChI=1S/C11H11NO4/c13-6-9(11(15)16)12-5-7-3-1-2-4-8(7)10(12)14/h1-4,9,13H,5-6H2,(H,15,16)/p-1/t9-/m1/s1. The molecule has 84 valence electrons. The highest BCUT2D eigenvalue weighted by molar-refractivity contribution is 6.00. The van der Waals surface area contributed by atoms with Crippen molar-refractivity contribution in [2.75, 3.05) is 6.61 Å². The third-order valence-corrected chi connectivity index (χ3v) is 2.67. The predicted molar refractivity (Wildman–Crippen MR) is 52.2 cm³/mol. The van der Waals surface area contributed by atoms with Gasteiger partial charge in [0.2, 0.25) is 0 Å². The average molecular weight is 220 g/mol. The van der Waals surface area contributed by atoms with Crippen LogP contribution in [0.3, 0.4) is 0 Å². The number of fused-ring (bicyclic) bond motifs is 1. The molecule has 0 fully saturated rings. The summed E-state index contributed by atoms with van der Waals surface area (Å²) in [4.78, 5) is 23.7. The summed E-state index contributed by atoms with van der Waals surface area (Å²) in [5, 5.41) is 19.7. The summed E-state index contributed by atoms with van der Waals surface area (Å²) in [5.74, 6) is -1.82. The summed E-state index contributed by atoms with van der Waals surface area (Å²) in [6.45, 7) is -0.434. The van der Waals surface area contributed by atoms with E-state index in [1.54, 1.807) is 24.3 Å². The third kappa shape index (κ3) is 1.55. The Morgan fingerprint density at radius 3 is 2.75 bits per heavy atom. The molecule has 1 aromatic rings. The predicted octanol–water partition coefficient (Wildman–Crippen LogP) is -1.25. The number of hydrogen-bond donors (Lipinski definition) is 1. The molecule has 1 atom stereocenters. The van der Waals surface area contributed by atoms with Gasteiger partial charge in [0.05, 0.1) is 18.6 Å². The first kappa shape index (κ1) is 10.6. The van der Waals surface area contributed by atoms with E-state index in [4.69, 9.17) is 5.11 Å². The maximum Gasteiger partial charge on any atom is 0.255 e. The van der Waals surface area contributed by atoms with E-state index in [-0.39, 0.29) is 12.5 Å². The Morgan fingerprint density at radius 2 is 2.19 bits per heavy atom. The van der Waals surface area contributed by atoms with Crippen molar-refractivity contribution in [2.24, 2.45) is 0 Å². The smallest absolute Gasteiger partial charge is 0.255 e. The van der Waals surface area contributed by atoms with Gasteiger partial charge in [-0.1, -0.05) is 18.2 Å². The van der Waals surface area contributed by atoms with Crippen molar-refractivity contribution < 1.29 is 19.8 Å². The van der Waals surface area contributed by atoms with Crippen LogP contribution in [0.2, 0.25) is 0 Å². The molecular formula is C11H10NO4-. The van der Waals surface area contributed by atoms with E-state index in [1.165, 1.54) is 0 Å². The number of carboxylic acids is 1. The summed E-state index contributed by atoms with van der Waals surface area (Å²) in [7, 11) is 0. The summed E-state index contributed by atoms with van der Waals surface area (Å²) in [6, 6.07) is 5.62. The number of rotatable bonds is 3. The lowest BCUT2D eigenvalue weighted by molar-refractivity contribution is -0.311. The van der Waals surface area contributed by atoms with Crippen LogP contribution in [0, 0.1) is 0 Å². The minimum Gasteiger partial charge on any atom is -0.548 e. The van der Waals surface area contributed by atoms with Crippen molar-refractivity contribution in [2.45, 2.75) is 12.6 Å². The maximum absolute atomic E-state index is 11.8. The van der Waals surface area contributed by atoms with Gasteiger partial charge in [0, 0.05) is 12.1 Å². The van der Waals surface area contributed by atoms with Gasteiger partial charge in [0.15, 0.2) is 0 Å². The molecule has 1 heterocycles. The van der Waals surface area contributed by atoms with Crippen LogP contribution < -0.4 is 5.11 Å². The van der Waals surface area contributed by atoms with Gasteiger partial charge in [-0.3, -0.25) is 4.79 Å². The molecule has 0 spiro atoms. The zero-order valence-electron chi connectivity index (χ0n) is 8.42. The van der Waals surface area contributed by atoms with Crippen LogP contribution in [-0.4, -0.2) is 34.5 Å². The first-order valence-corrected chi connectivity index (χ1v) is 4.85. The van der Waals surface area contributed by atoms with E-state index >= 15 is 0 Å². The minimum atomic E-state index is -1.44. The zero-order valence-corrected chi connectivity index (χ0v) is 8.42. The van der Waals surface area contributed by atoms with Gasteiger partial charge >= 0.3 is 0 Å². The fraction of sp³-hybridized carbons (Fsp3) is 0.273. The third-order valence-electron chi connectivity index (χ3n) is 2.67. The Kier molecular flexibility index (Phi) is 2.62. The van der Waals surface area contributed by atoms with Gasteiger partial charge < -0.3 is 19.9 Å². The monoisotopic (exact) mass is 220 g/mol. The van der Waals surface area contributed by atoms with Gasteiger partial charge in [-0.15, -0.1) is 0 Å². The number of hydrogen-bond acceptors (Lipinski definition) is 4. The molecule has 1 aromatic carbocycles. The Morgan fingerprint density at radius 1 is 1.50 bits per heavy atom. The summed E-state index contributed by atoms with van der Waals surface area (Å²) >= 11 is 0. The molecule has 1 aliphatic heterocycles. The molecule has 1 aliphatic rings.